The number of hydrogen-bond donors (Lipinski definition) is 0. The van der Waals surface area contributed by atoms with Gasteiger partial charge in [0.25, 0.3) is 0 Å². The molecule has 0 saturated carbocycles. The van der Waals surface area contributed by atoms with Crippen LogP contribution in [0.15, 0.2) is 0 Å². The Labute approximate surface area is 99.5 Å². The summed E-state index contributed by atoms with van der Waals surface area (Å²) in [4.78, 5) is -0.251. The molecule has 0 aliphatic rings. The molecule has 1 aromatic rings. The lowest BCUT2D eigenvalue weighted by Gasteiger charge is -2.21. The van der Waals surface area contributed by atoms with Crippen molar-refractivity contribution in [3.63, 3.8) is 0 Å². The van der Waals surface area contributed by atoms with Gasteiger partial charge in [-0.3, -0.25) is 0 Å². The topological polar surface area (TPSA) is 0 Å². The van der Waals surface area contributed by atoms with E-state index in [1.54, 1.807) is 0 Å². The van der Waals surface area contributed by atoms with E-state index in [1.807, 2.05) is 0 Å². The van der Waals surface area contributed by atoms with Crippen molar-refractivity contribution in [3.05, 3.63) is 15.7 Å². The van der Waals surface area contributed by atoms with Crippen LogP contribution in [0.3, 0.4) is 0 Å². The Bertz CT molecular complexity index is 377. The molecule has 1 aromatic heterocycles. The average molecular weight is 294 g/mol. The summed E-state index contributed by atoms with van der Waals surface area (Å²) in [5.74, 6) is 0. The summed E-state index contributed by atoms with van der Waals surface area (Å²) in [5, 5.41) is -1.50. The summed E-state index contributed by atoms with van der Waals surface area (Å²) in [6.07, 6.45) is -9.91. The minimum atomic E-state index is -4.97. The van der Waals surface area contributed by atoms with Crippen molar-refractivity contribution < 1.29 is 26.3 Å². The SMILES string of the molecule is CC(C)(C)c1spc(C(F)(F)F)c1C(F)(F)F. The van der Waals surface area contributed by atoms with E-state index >= 15 is 0 Å². The number of halogens is 6. The van der Waals surface area contributed by atoms with Gasteiger partial charge in [-0.2, -0.15) is 26.3 Å². The van der Waals surface area contributed by atoms with E-state index in [2.05, 4.69) is 0 Å². The van der Waals surface area contributed by atoms with Gasteiger partial charge in [-0.25, -0.2) is 0 Å². The first-order valence-corrected chi connectivity index (χ1v) is 6.81. The minimum Gasteiger partial charge on any atom is -0.166 e. The number of hydrogen-bond acceptors (Lipinski definition) is 1. The van der Waals surface area contributed by atoms with E-state index in [-0.39, 0.29) is 4.88 Å². The lowest BCUT2D eigenvalue weighted by atomic mass is 9.91. The molecular weight excluding hydrogens is 285 g/mol. The summed E-state index contributed by atoms with van der Waals surface area (Å²) in [5.41, 5.74) is -2.46. The standard InChI is InChI=1S/C9H9F6PS/c1-7(2,3)6-4(8(10,11)12)5(16-17-6)9(13,14)15/h1-3H3. The molecule has 0 aliphatic heterocycles. The molecule has 0 fully saturated rings. The highest BCUT2D eigenvalue weighted by molar-refractivity contribution is 7.81. The van der Waals surface area contributed by atoms with Crippen molar-refractivity contribution in [1.82, 2.24) is 0 Å². The molecule has 1 heterocycles. The molecule has 0 aromatic carbocycles. The molecule has 0 aliphatic carbocycles. The highest BCUT2D eigenvalue weighted by atomic mass is 32.5. The summed E-state index contributed by atoms with van der Waals surface area (Å²) >= 11 is 0. The largest absolute Gasteiger partial charge is 0.422 e. The molecule has 98 valence electrons. The summed E-state index contributed by atoms with van der Waals surface area (Å²) in [6, 6.07) is 0. The van der Waals surface area contributed by atoms with E-state index in [4.69, 9.17) is 0 Å². The van der Waals surface area contributed by atoms with Crippen molar-refractivity contribution in [2.24, 2.45) is 0 Å². The predicted molar refractivity (Wildman–Crippen MR) is 55.5 cm³/mol. The Morgan fingerprint density at radius 3 is 1.65 bits per heavy atom. The van der Waals surface area contributed by atoms with Crippen molar-refractivity contribution in [3.8, 4) is 0 Å². The lowest BCUT2D eigenvalue weighted by molar-refractivity contribution is -0.160. The zero-order chi connectivity index (χ0) is 13.6. The van der Waals surface area contributed by atoms with E-state index in [1.165, 1.54) is 20.8 Å². The Hall–Kier alpha value is -0.290. The van der Waals surface area contributed by atoms with Gasteiger partial charge in [-0.1, -0.05) is 20.8 Å². The van der Waals surface area contributed by atoms with Crippen LogP contribution in [-0.2, 0) is 17.8 Å². The molecule has 0 N–H and O–H groups in total. The fourth-order valence-electron chi connectivity index (χ4n) is 1.26. The Morgan fingerprint density at radius 2 is 1.35 bits per heavy atom. The second-order valence-electron chi connectivity index (χ2n) is 4.48. The first kappa shape index (κ1) is 14.8. The van der Waals surface area contributed by atoms with Gasteiger partial charge >= 0.3 is 12.4 Å². The fraction of sp³-hybridized carbons (Fsp3) is 0.667. The third kappa shape index (κ3) is 3.13. The third-order valence-corrected chi connectivity index (χ3v) is 5.04. The molecule has 8 heteroatoms. The van der Waals surface area contributed by atoms with Crippen molar-refractivity contribution in [2.45, 2.75) is 38.5 Å². The normalized spacial score (nSPS) is 14.6. The average Bonchev–Trinajstić information content (AvgIpc) is 2.42. The van der Waals surface area contributed by atoms with Crippen LogP contribution in [0.5, 0.6) is 0 Å². The van der Waals surface area contributed by atoms with Crippen LogP contribution < -0.4 is 0 Å². The molecule has 0 bridgehead atoms. The second kappa shape index (κ2) is 4.12. The predicted octanol–water partition coefficient (Wildman–Crippen LogP) is 5.66. The van der Waals surface area contributed by atoms with Gasteiger partial charge in [0.15, 0.2) is 0 Å². The van der Waals surface area contributed by atoms with E-state index < -0.39 is 36.0 Å². The van der Waals surface area contributed by atoms with Crippen LogP contribution in [0.1, 0.15) is 36.5 Å². The van der Waals surface area contributed by atoms with E-state index in [0.29, 0.717) is 10.9 Å². The molecule has 1 rings (SSSR count). The van der Waals surface area contributed by atoms with Crippen LogP contribution in [0.25, 0.3) is 0 Å². The van der Waals surface area contributed by atoms with Gasteiger partial charge in [-0.15, -0.1) is 10.9 Å². The zero-order valence-corrected chi connectivity index (χ0v) is 10.8. The molecule has 0 atom stereocenters. The van der Waals surface area contributed by atoms with E-state index in [0.717, 1.165) is 0 Å². The molecule has 0 amide bonds. The fourth-order valence-corrected chi connectivity index (χ4v) is 4.76. The molecule has 0 radical (unpaired) electrons. The Morgan fingerprint density at radius 1 is 0.882 bits per heavy atom. The van der Waals surface area contributed by atoms with Crippen LogP contribution in [0, 0.1) is 0 Å². The molecule has 17 heavy (non-hydrogen) atoms. The van der Waals surface area contributed by atoms with Gasteiger partial charge in [0, 0.05) is 12.2 Å². The van der Waals surface area contributed by atoms with Crippen molar-refractivity contribution in [2.75, 3.05) is 0 Å². The first-order valence-electron chi connectivity index (χ1n) is 4.49. The Kier molecular flexibility index (Phi) is 3.58. The third-order valence-electron chi connectivity index (χ3n) is 1.93. The van der Waals surface area contributed by atoms with Gasteiger partial charge < -0.3 is 0 Å². The highest BCUT2D eigenvalue weighted by Crippen LogP contribution is 2.52. The maximum absolute atomic E-state index is 12.7. The monoisotopic (exact) mass is 294 g/mol. The number of rotatable bonds is 0. The second-order valence-corrected chi connectivity index (χ2v) is 6.80. The minimum absolute atomic E-state index is 0.251. The zero-order valence-electron chi connectivity index (χ0n) is 9.12. The van der Waals surface area contributed by atoms with Crippen molar-refractivity contribution >= 4 is 18.3 Å². The van der Waals surface area contributed by atoms with Gasteiger partial charge in [0.05, 0.1) is 5.56 Å². The van der Waals surface area contributed by atoms with Gasteiger partial charge in [-0.05, 0) is 5.41 Å². The van der Waals surface area contributed by atoms with E-state index in [9.17, 15) is 26.3 Å². The van der Waals surface area contributed by atoms with Gasteiger partial charge in [0.2, 0.25) is 0 Å². The maximum Gasteiger partial charge on any atom is 0.422 e. The molecule has 0 spiro atoms. The van der Waals surface area contributed by atoms with Crippen LogP contribution in [0.2, 0.25) is 0 Å². The molecule has 0 unspecified atom stereocenters. The summed E-state index contributed by atoms with van der Waals surface area (Å²) in [6.45, 7) is 4.40. The molecular formula is C9H9F6PS. The lowest BCUT2D eigenvalue weighted by Crippen LogP contribution is -2.20. The van der Waals surface area contributed by atoms with Crippen LogP contribution in [-0.4, -0.2) is 0 Å². The molecule has 0 saturated heterocycles. The first-order chi connectivity index (χ1) is 7.35. The highest BCUT2D eigenvalue weighted by Gasteiger charge is 2.48. The quantitative estimate of drug-likeness (QED) is 0.541. The summed E-state index contributed by atoms with van der Waals surface area (Å²) in [7, 11) is 0.197. The number of alkyl halides is 6. The smallest absolute Gasteiger partial charge is 0.166 e. The summed E-state index contributed by atoms with van der Waals surface area (Å²) < 4.78 is 75.7. The van der Waals surface area contributed by atoms with Crippen LogP contribution in [0.4, 0.5) is 26.3 Å². The van der Waals surface area contributed by atoms with Gasteiger partial charge in [0.1, 0.15) is 5.30 Å². The molecule has 0 nitrogen and oxygen atoms in total. The van der Waals surface area contributed by atoms with Crippen molar-refractivity contribution in [1.29, 1.82) is 0 Å². The maximum atomic E-state index is 12.7. The van der Waals surface area contributed by atoms with Crippen LogP contribution >= 0.6 is 18.3 Å². The Balaban J connectivity index is 3.53.